The second kappa shape index (κ2) is 12.9. The zero-order valence-corrected chi connectivity index (χ0v) is 24.9. The average Bonchev–Trinajstić information content (AvgIpc) is 2.98. The second-order valence-corrected chi connectivity index (χ2v) is 11.1. The normalized spacial score (nSPS) is 29.5. The molecule has 0 saturated carbocycles. The van der Waals surface area contributed by atoms with Crippen molar-refractivity contribution < 1.29 is 48.8 Å². The molecule has 10 heteroatoms. The van der Waals surface area contributed by atoms with Gasteiger partial charge in [-0.05, 0) is 65.8 Å². The smallest absolute Gasteiger partial charge is 0.201 e. The third-order valence-electron chi connectivity index (χ3n) is 9.09. The molecule has 0 aromatic heterocycles. The first-order valence-corrected chi connectivity index (χ1v) is 14.1. The molecule has 4 N–H and O–H groups in total. The van der Waals surface area contributed by atoms with Gasteiger partial charge < -0.3 is 48.8 Å². The van der Waals surface area contributed by atoms with Gasteiger partial charge in [-0.3, -0.25) is 0 Å². The van der Waals surface area contributed by atoms with Crippen LogP contribution in [-0.4, -0.2) is 80.6 Å². The van der Waals surface area contributed by atoms with Crippen molar-refractivity contribution in [3.8, 4) is 34.5 Å². The number of rotatable bonds is 10. The molecule has 0 bridgehead atoms. The highest BCUT2D eigenvalue weighted by Crippen LogP contribution is 2.54. The summed E-state index contributed by atoms with van der Waals surface area (Å²) in [7, 11) is 5.86. The monoisotopic (exact) mass is 576 g/mol. The molecule has 1 aliphatic heterocycles. The Kier molecular flexibility index (Phi) is 9.79. The predicted molar refractivity (Wildman–Crippen MR) is 151 cm³/mol. The van der Waals surface area contributed by atoms with Crippen molar-refractivity contribution in [1.29, 1.82) is 0 Å². The van der Waals surface area contributed by atoms with Gasteiger partial charge in [0.05, 0.1) is 41.2 Å². The lowest BCUT2D eigenvalue weighted by atomic mass is 9.66. The van der Waals surface area contributed by atoms with Gasteiger partial charge in [-0.2, -0.15) is 0 Å². The third-order valence-corrected chi connectivity index (χ3v) is 9.09. The molecule has 41 heavy (non-hydrogen) atoms. The maximum Gasteiger partial charge on any atom is 0.201 e. The zero-order chi connectivity index (χ0) is 30.0. The topological polar surface area (TPSA) is 136 Å². The van der Waals surface area contributed by atoms with Crippen LogP contribution in [0, 0.1) is 23.7 Å². The predicted octanol–water partition coefficient (Wildman–Crippen LogP) is 3.83. The van der Waals surface area contributed by atoms with Crippen LogP contribution in [0.5, 0.6) is 34.5 Å². The fraction of sp³-hybridized carbons (Fsp3) is 0.613. The van der Waals surface area contributed by atoms with Crippen LogP contribution >= 0.6 is 0 Å². The summed E-state index contributed by atoms with van der Waals surface area (Å²) in [6, 6.07) is 5.18. The zero-order valence-electron chi connectivity index (χ0n) is 24.9. The molecule has 1 saturated heterocycles. The highest BCUT2D eigenvalue weighted by Gasteiger charge is 2.44. The molecule has 1 heterocycles. The summed E-state index contributed by atoms with van der Waals surface area (Å²) in [6.45, 7) is 6.13. The van der Waals surface area contributed by atoms with Gasteiger partial charge in [-0.1, -0.05) is 20.8 Å². The summed E-state index contributed by atoms with van der Waals surface area (Å²) >= 11 is 0. The van der Waals surface area contributed by atoms with Gasteiger partial charge in [-0.25, -0.2) is 0 Å². The minimum absolute atomic E-state index is 0.0228. The van der Waals surface area contributed by atoms with E-state index in [2.05, 4.69) is 13.8 Å². The number of ether oxygens (including phenoxy) is 6. The third kappa shape index (κ3) is 5.62. The second-order valence-electron chi connectivity index (χ2n) is 11.1. The Morgan fingerprint density at radius 3 is 2.02 bits per heavy atom. The number of fused-ring (bicyclic) bond motifs is 1. The Labute approximate surface area is 241 Å². The highest BCUT2D eigenvalue weighted by atomic mass is 16.7. The molecule has 0 amide bonds. The largest absolute Gasteiger partial charge is 0.502 e. The van der Waals surface area contributed by atoms with Crippen molar-refractivity contribution in [1.82, 2.24) is 0 Å². The van der Waals surface area contributed by atoms with E-state index in [4.69, 9.17) is 28.4 Å². The van der Waals surface area contributed by atoms with E-state index in [1.165, 1.54) is 28.4 Å². The highest BCUT2D eigenvalue weighted by molar-refractivity contribution is 5.64. The quantitative estimate of drug-likeness (QED) is 0.330. The number of hydrogen-bond donors (Lipinski definition) is 4. The van der Waals surface area contributed by atoms with Crippen molar-refractivity contribution in [2.24, 2.45) is 23.7 Å². The van der Waals surface area contributed by atoms with E-state index < -0.39 is 18.3 Å². The first-order valence-electron chi connectivity index (χ1n) is 14.1. The van der Waals surface area contributed by atoms with Crippen LogP contribution in [-0.2, 0) is 15.9 Å². The number of phenols is 2. The van der Waals surface area contributed by atoms with E-state index in [-0.39, 0.29) is 77.5 Å². The molecule has 1 fully saturated rings. The number of methoxy groups -OCH3 is 4. The van der Waals surface area contributed by atoms with Crippen molar-refractivity contribution >= 4 is 0 Å². The lowest BCUT2D eigenvalue weighted by molar-refractivity contribution is -0.274. The molecule has 0 radical (unpaired) electrons. The first kappa shape index (κ1) is 31.0. The lowest BCUT2D eigenvalue weighted by Crippen LogP contribution is -2.51. The van der Waals surface area contributed by atoms with E-state index in [1.54, 1.807) is 18.2 Å². The van der Waals surface area contributed by atoms with Crippen molar-refractivity contribution in [3.05, 3.63) is 34.9 Å². The maximum absolute atomic E-state index is 11.1. The van der Waals surface area contributed by atoms with E-state index in [0.717, 1.165) is 12.0 Å². The van der Waals surface area contributed by atoms with Crippen molar-refractivity contribution in [2.45, 2.75) is 58.0 Å². The first-order chi connectivity index (χ1) is 19.6. The van der Waals surface area contributed by atoms with Gasteiger partial charge in [-0.15, -0.1) is 0 Å². The molecule has 10 nitrogen and oxygen atoms in total. The number of phenolic OH excluding ortho intramolecular Hbond substituents is 2. The summed E-state index contributed by atoms with van der Waals surface area (Å²) in [4.78, 5) is 0. The van der Waals surface area contributed by atoms with E-state index in [1.807, 2.05) is 6.92 Å². The van der Waals surface area contributed by atoms with E-state index >= 15 is 0 Å². The summed E-state index contributed by atoms with van der Waals surface area (Å²) in [5.41, 5.74) is 2.24. The van der Waals surface area contributed by atoms with Gasteiger partial charge in [0.15, 0.2) is 29.3 Å². The number of aromatic hydroxyl groups is 2. The van der Waals surface area contributed by atoms with Gasteiger partial charge in [0.25, 0.3) is 0 Å². The molecular weight excluding hydrogens is 532 g/mol. The van der Waals surface area contributed by atoms with Gasteiger partial charge in [0.1, 0.15) is 6.10 Å². The van der Waals surface area contributed by atoms with Crippen LogP contribution in [0.1, 0.15) is 49.8 Å². The molecule has 2 aliphatic rings. The van der Waals surface area contributed by atoms with Crippen LogP contribution in [0.4, 0.5) is 0 Å². The van der Waals surface area contributed by atoms with Crippen molar-refractivity contribution in [2.75, 3.05) is 41.7 Å². The van der Waals surface area contributed by atoms with Crippen LogP contribution in [0.25, 0.3) is 0 Å². The van der Waals surface area contributed by atoms with Gasteiger partial charge in [0.2, 0.25) is 11.5 Å². The molecule has 228 valence electrons. The molecule has 4 rings (SSSR count). The molecule has 2 unspecified atom stereocenters. The fourth-order valence-electron chi connectivity index (χ4n) is 6.51. The molecule has 8 atom stereocenters. The number of benzene rings is 2. The fourth-order valence-corrected chi connectivity index (χ4v) is 6.51. The van der Waals surface area contributed by atoms with E-state index in [0.29, 0.717) is 17.5 Å². The lowest BCUT2D eigenvalue weighted by Gasteiger charge is -2.44. The Bertz CT molecular complexity index is 1170. The molecule has 1 aliphatic carbocycles. The molecular formula is C31H44O10. The number of aliphatic hydroxyl groups is 2. The van der Waals surface area contributed by atoms with Crippen LogP contribution < -0.4 is 18.9 Å². The standard InChI is InChI=1S/C31H44O10/c1-8-21-15(2)16(3)27(33)31(41-21)40-14-20-19(13-32)9-17-10-24(38-6)29(35)30(39-7)26(17)25(20)18-11-22(36-4)28(34)23(12-18)37-5/h10-12,15-16,19-21,25,27,31-35H,8-9,13-14H2,1-7H3/t15-,16?,19+,20+,21?,25-,27-,31+/m1/s1. The summed E-state index contributed by atoms with van der Waals surface area (Å²) in [6.07, 6.45) is -0.434. The Morgan fingerprint density at radius 2 is 1.49 bits per heavy atom. The molecule has 0 spiro atoms. The Balaban J connectivity index is 1.85. The molecule has 2 aromatic carbocycles. The molecule has 2 aromatic rings. The van der Waals surface area contributed by atoms with Gasteiger partial charge >= 0.3 is 0 Å². The summed E-state index contributed by atoms with van der Waals surface area (Å²) in [5.74, 6) is -0.306. The maximum atomic E-state index is 11.1. The summed E-state index contributed by atoms with van der Waals surface area (Å²) in [5, 5.41) is 43.4. The summed E-state index contributed by atoms with van der Waals surface area (Å²) < 4.78 is 34.6. The van der Waals surface area contributed by atoms with Crippen LogP contribution in [0.3, 0.4) is 0 Å². The number of aliphatic hydroxyl groups excluding tert-OH is 2. The average molecular weight is 577 g/mol. The number of hydrogen-bond acceptors (Lipinski definition) is 10. The SMILES string of the molecule is CCC1O[C@H](OC[C@H]2[C@H](CO)Cc3cc(OC)c(O)c(OC)c3[C@@H]2c2cc(OC)c(O)c(OC)c2)[C@H](O)C(C)[C@H]1C. The van der Waals surface area contributed by atoms with Crippen LogP contribution in [0.15, 0.2) is 18.2 Å². The Hall–Kier alpha value is -2.92. The Morgan fingerprint density at radius 1 is 0.878 bits per heavy atom. The van der Waals surface area contributed by atoms with E-state index in [9.17, 15) is 20.4 Å². The van der Waals surface area contributed by atoms with Gasteiger partial charge in [0, 0.05) is 18.1 Å². The minimum atomic E-state index is -0.831. The van der Waals surface area contributed by atoms with Crippen molar-refractivity contribution in [3.63, 3.8) is 0 Å². The van der Waals surface area contributed by atoms with Crippen LogP contribution in [0.2, 0.25) is 0 Å². The minimum Gasteiger partial charge on any atom is -0.502 e.